The molecule has 0 fully saturated rings. The summed E-state index contributed by atoms with van der Waals surface area (Å²) < 4.78 is 21.8. The van der Waals surface area contributed by atoms with Crippen LogP contribution in [0.3, 0.4) is 0 Å². The highest BCUT2D eigenvalue weighted by Gasteiger charge is 2.07. The van der Waals surface area contributed by atoms with E-state index in [9.17, 15) is 4.21 Å². The molecule has 0 aromatic rings. The molecule has 17 heavy (non-hydrogen) atoms. The van der Waals surface area contributed by atoms with Crippen molar-refractivity contribution in [1.29, 1.82) is 0 Å². The van der Waals surface area contributed by atoms with E-state index in [1.807, 2.05) is 38.0 Å². The van der Waals surface area contributed by atoms with Crippen molar-refractivity contribution in [2.75, 3.05) is 54.5 Å². The fraction of sp³-hybridized carbons (Fsp3) is 1.00. The van der Waals surface area contributed by atoms with Gasteiger partial charge in [0.25, 0.3) is 9.05 Å². The van der Waals surface area contributed by atoms with E-state index in [1.54, 1.807) is 0 Å². The van der Waals surface area contributed by atoms with Crippen LogP contribution in [0.2, 0.25) is 0 Å². The van der Waals surface area contributed by atoms with E-state index in [1.165, 1.54) is 0 Å². The van der Waals surface area contributed by atoms with Gasteiger partial charge in [-0.05, 0) is 54.1 Å². The van der Waals surface area contributed by atoms with Crippen LogP contribution < -0.4 is 0 Å². The van der Waals surface area contributed by atoms with Crippen molar-refractivity contribution in [2.45, 2.75) is 12.8 Å². The third-order valence-corrected chi connectivity index (χ3v) is 3.44. The largest absolute Gasteiger partial charge is 0.309 e. The van der Waals surface area contributed by atoms with E-state index in [4.69, 9.17) is 19.6 Å². The molecule has 104 valence electrons. The summed E-state index contributed by atoms with van der Waals surface area (Å²) in [5.74, 6) is 0. The molecule has 0 saturated carbocycles. The average molecular weight is 284 g/mol. The second kappa shape index (κ2) is 9.18. The van der Waals surface area contributed by atoms with Crippen LogP contribution in [-0.2, 0) is 28.6 Å². The van der Waals surface area contributed by atoms with Gasteiger partial charge < -0.3 is 9.80 Å². The van der Waals surface area contributed by atoms with Gasteiger partial charge in [0.05, 0.1) is 13.2 Å². The first-order valence-corrected chi connectivity index (χ1v) is 8.00. The maximum Gasteiger partial charge on any atom is 0.269 e. The molecule has 0 unspecified atom stereocenters. The highest BCUT2D eigenvalue weighted by molar-refractivity contribution is 8.27. The molecule has 0 aromatic heterocycles. The number of rotatable bonds is 10. The van der Waals surface area contributed by atoms with Crippen molar-refractivity contribution in [2.24, 2.45) is 0 Å². The van der Waals surface area contributed by atoms with E-state index < -0.39 is 9.05 Å². The highest BCUT2D eigenvalue weighted by atomic mass is 32.9. The molecule has 0 radical (unpaired) electrons. The molecule has 0 aliphatic carbocycles. The summed E-state index contributed by atoms with van der Waals surface area (Å²) in [5.41, 5.74) is 0. The zero-order chi connectivity index (χ0) is 13.3. The lowest BCUT2D eigenvalue weighted by Crippen LogP contribution is -2.18. The molecule has 0 bridgehead atoms. The Morgan fingerprint density at radius 2 is 1.29 bits per heavy atom. The predicted octanol–water partition coefficient (Wildman–Crippen LogP) is 0.499. The monoisotopic (exact) mass is 284 g/mol. The molecule has 0 amide bonds. The lowest BCUT2D eigenvalue weighted by atomic mass is 10.4. The first-order valence-electron chi connectivity index (χ1n) is 5.67. The average Bonchev–Trinajstić information content (AvgIpc) is 2.19. The molecule has 0 aliphatic rings. The fourth-order valence-corrected chi connectivity index (χ4v) is 2.24. The Labute approximate surface area is 110 Å². The van der Waals surface area contributed by atoms with Crippen molar-refractivity contribution in [3.05, 3.63) is 0 Å². The molecule has 0 N–H and O–H groups in total. The summed E-state index contributed by atoms with van der Waals surface area (Å²) in [7, 11) is 4.92. The normalized spacial score (nSPS) is 12.6. The minimum Gasteiger partial charge on any atom is -0.309 e. The zero-order valence-electron chi connectivity index (χ0n) is 11.2. The van der Waals surface area contributed by atoms with Crippen molar-refractivity contribution < 1.29 is 12.6 Å². The number of hydrogen-bond donors (Lipinski definition) is 0. The topological polar surface area (TPSA) is 42.0 Å². The van der Waals surface area contributed by atoms with Crippen molar-refractivity contribution in [1.82, 2.24) is 9.80 Å². The quantitative estimate of drug-likeness (QED) is 0.544. The molecular formula is C10H24N2O3S2. The number of hydrogen-bond acceptors (Lipinski definition) is 6. The minimum absolute atomic E-state index is 0.369. The van der Waals surface area contributed by atoms with Gasteiger partial charge in [-0.3, -0.25) is 8.37 Å². The second-order valence-corrected chi connectivity index (χ2v) is 6.88. The van der Waals surface area contributed by atoms with Crippen LogP contribution in [0.4, 0.5) is 0 Å². The van der Waals surface area contributed by atoms with Crippen molar-refractivity contribution in [3.8, 4) is 0 Å². The first kappa shape index (κ1) is 17.2. The molecule has 0 aromatic carbocycles. The van der Waals surface area contributed by atoms with Gasteiger partial charge in [-0.15, -0.1) is 0 Å². The Morgan fingerprint density at radius 1 is 0.941 bits per heavy atom. The van der Waals surface area contributed by atoms with Crippen molar-refractivity contribution in [3.63, 3.8) is 0 Å². The van der Waals surface area contributed by atoms with Gasteiger partial charge in [0.1, 0.15) is 0 Å². The van der Waals surface area contributed by atoms with Crippen molar-refractivity contribution >= 4 is 20.2 Å². The van der Waals surface area contributed by atoms with Gasteiger partial charge >= 0.3 is 0 Å². The summed E-state index contributed by atoms with van der Waals surface area (Å²) in [4.78, 5) is 4.07. The molecule has 7 heteroatoms. The molecule has 0 saturated heterocycles. The molecule has 0 atom stereocenters. The van der Waals surface area contributed by atoms with Crippen LogP contribution in [0, 0.1) is 0 Å². The Morgan fingerprint density at radius 3 is 1.59 bits per heavy atom. The van der Waals surface area contributed by atoms with Crippen LogP contribution in [0.25, 0.3) is 0 Å². The molecule has 0 spiro atoms. The minimum atomic E-state index is -2.98. The fourth-order valence-electron chi connectivity index (χ4n) is 1.12. The van der Waals surface area contributed by atoms with Crippen LogP contribution in [0.1, 0.15) is 12.8 Å². The predicted molar refractivity (Wildman–Crippen MR) is 73.8 cm³/mol. The van der Waals surface area contributed by atoms with Gasteiger partial charge in [0.2, 0.25) is 0 Å². The van der Waals surface area contributed by atoms with E-state index in [2.05, 4.69) is 0 Å². The standard InChI is InChI=1S/C10H24N2O3S2/c1-11(2)7-5-9-14-17(13,16)15-10-6-8-12(3)4/h5-10H2,1-4H3. The summed E-state index contributed by atoms with van der Waals surface area (Å²) in [6.45, 7) is 2.50. The van der Waals surface area contributed by atoms with Gasteiger partial charge in [0.15, 0.2) is 0 Å². The third-order valence-electron chi connectivity index (χ3n) is 1.95. The lowest BCUT2D eigenvalue weighted by molar-refractivity contribution is 0.226. The highest BCUT2D eigenvalue weighted by Crippen LogP contribution is 2.00. The van der Waals surface area contributed by atoms with E-state index in [0.29, 0.717) is 13.2 Å². The van der Waals surface area contributed by atoms with Gasteiger partial charge in [0, 0.05) is 11.2 Å². The first-order chi connectivity index (χ1) is 7.83. The van der Waals surface area contributed by atoms with E-state index in [0.717, 1.165) is 25.9 Å². The smallest absolute Gasteiger partial charge is 0.269 e. The van der Waals surface area contributed by atoms with Crippen LogP contribution in [0.15, 0.2) is 0 Å². The van der Waals surface area contributed by atoms with Gasteiger partial charge in [-0.1, -0.05) is 0 Å². The third kappa shape index (κ3) is 12.5. The summed E-state index contributed by atoms with van der Waals surface area (Å²) in [6, 6.07) is 0. The van der Waals surface area contributed by atoms with Gasteiger partial charge in [-0.25, -0.2) is 0 Å². The summed E-state index contributed by atoms with van der Waals surface area (Å²) in [6.07, 6.45) is 1.59. The van der Waals surface area contributed by atoms with Crippen LogP contribution in [0.5, 0.6) is 0 Å². The maximum absolute atomic E-state index is 11.6. The summed E-state index contributed by atoms with van der Waals surface area (Å²) >= 11 is 4.76. The van der Waals surface area contributed by atoms with E-state index in [-0.39, 0.29) is 0 Å². The van der Waals surface area contributed by atoms with Crippen LogP contribution in [-0.4, -0.2) is 68.5 Å². The number of nitrogens with zero attached hydrogens (tertiary/aromatic N) is 2. The Bertz CT molecular complexity index is 257. The van der Waals surface area contributed by atoms with Gasteiger partial charge in [-0.2, -0.15) is 4.21 Å². The summed E-state index contributed by atoms with van der Waals surface area (Å²) in [5, 5.41) is 0. The van der Waals surface area contributed by atoms with Crippen LogP contribution >= 0.6 is 0 Å². The molecule has 0 rings (SSSR count). The maximum atomic E-state index is 11.6. The Balaban J connectivity index is 3.59. The molecule has 0 heterocycles. The molecule has 0 aliphatic heterocycles. The lowest BCUT2D eigenvalue weighted by Gasteiger charge is -2.12. The Hall–Kier alpha value is 0.210. The molecule has 5 nitrogen and oxygen atoms in total. The molecular weight excluding hydrogens is 260 g/mol. The Kier molecular flexibility index (Phi) is 9.29. The van der Waals surface area contributed by atoms with E-state index >= 15 is 0 Å². The second-order valence-electron chi connectivity index (χ2n) is 4.37. The SMILES string of the molecule is CN(C)CCCOS(=O)(=S)OCCCN(C)C. The zero-order valence-corrected chi connectivity index (χ0v) is 12.8.